The van der Waals surface area contributed by atoms with E-state index < -0.39 is 0 Å². The third-order valence-electron chi connectivity index (χ3n) is 7.61. The Morgan fingerprint density at radius 1 is 0.742 bits per heavy atom. The molecule has 0 aromatic heterocycles. The Morgan fingerprint density at radius 3 is 1.90 bits per heavy atom. The lowest BCUT2D eigenvalue weighted by Crippen LogP contribution is -2.32. The normalized spacial score (nSPS) is 17.0. The SMILES string of the molecule is CCCCCCCCCCC(CCCCCCC)CCC1Cc2ccccc2N(C)C1. The number of nitrogens with zero attached hydrogens (tertiary/aromatic N) is 1. The summed E-state index contributed by atoms with van der Waals surface area (Å²) in [5, 5.41) is 0. The number of anilines is 1. The summed E-state index contributed by atoms with van der Waals surface area (Å²) in [6.45, 7) is 5.88. The number of benzene rings is 1. The van der Waals surface area contributed by atoms with Crippen LogP contribution in [-0.2, 0) is 6.42 Å². The third kappa shape index (κ3) is 10.9. The molecule has 0 radical (unpaired) electrons. The fourth-order valence-corrected chi connectivity index (χ4v) is 5.62. The molecular weight excluding hydrogens is 374 g/mol. The highest BCUT2D eigenvalue weighted by Crippen LogP contribution is 2.32. The maximum Gasteiger partial charge on any atom is 0.0396 e. The van der Waals surface area contributed by atoms with Crippen LogP contribution >= 0.6 is 0 Å². The first-order valence-electron chi connectivity index (χ1n) is 14.0. The first-order chi connectivity index (χ1) is 15.2. The van der Waals surface area contributed by atoms with Gasteiger partial charge in [-0.2, -0.15) is 0 Å². The quantitative estimate of drug-likeness (QED) is 0.211. The van der Waals surface area contributed by atoms with Gasteiger partial charge in [0.05, 0.1) is 0 Å². The van der Waals surface area contributed by atoms with Crippen LogP contribution in [0, 0.1) is 11.8 Å². The minimum absolute atomic E-state index is 0.848. The molecule has 1 nitrogen and oxygen atoms in total. The summed E-state index contributed by atoms with van der Waals surface area (Å²) in [7, 11) is 2.29. The van der Waals surface area contributed by atoms with E-state index in [1.807, 2.05) is 0 Å². The number of hydrogen-bond donors (Lipinski definition) is 0. The molecule has 0 saturated heterocycles. The van der Waals surface area contributed by atoms with E-state index in [4.69, 9.17) is 0 Å². The van der Waals surface area contributed by atoms with E-state index in [-0.39, 0.29) is 0 Å². The van der Waals surface area contributed by atoms with Gasteiger partial charge in [0.25, 0.3) is 0 Å². The van der Waals surface area contributed by atoms with Crippen molar-refractivity contribution in [1.82, 2.24) is 0 Å². The van der Waals surface area contributed by atoms with Gasteiger partial charge in [-0.1, -0.05) is 135 Å². The Morgan fingerprint density at radius 2 is 1.29 bits per heavy atom. The smallest absolute Gasteiger partial charge is 0.0396 e. The van der Waals surface area contributed by atoms with Gasteiger partial charge < -0.3 is 4.90 Å². The first-order valence-corrected chi connectivity index (χ1v) is 14.0. The maximum atomic E-state index is 2.50. The maximum absolute atomic E-state index is 2.50. The molecule has 1 aliphatic heterocycles. The first kappa shape index (κ1) is 26.3. The molecule has 1 heteroatoms. The molecule has 0 amide bonds. The zero-order chi connectivity index (χ0) is 22.2. The molecule has 0 spiro atoms. The molecule has 1 aliphatic rings. The standard InChI is InChI=1S/C30H53N/c1-4-6-8-10-11-12-14-16-20-27(19-15-13-9-7-5-2)23-24-28-25-29-21-17-18-22-30(29)31(3)26-28/h17-18,21-22,27-28H,4-16,19-20,23-26H2,1-3H3. The largest absolute Gasteiger partial charge is 0.374 e. The van der Waals surface area contributed by atoms with Gasteiger partial charge in [0.15, 0.2) is 0 Å². The summed E-state index contributed by atoms with van der Waals surface area (Å²) >= 11 is 0. The molecule has 178 valence electrons. The minimum Gasteiger partial charge on any atom is -0.374 e. The van der Waals surface area contributed by atoms with E-state index in [0.29, 0.717) is 0 Å². The second-order valence-electron chi connectivity index (χ2n) is 10.5. The van der Waals surface area contributed by atoms with Crippen molar-refractivity contribution >= 4 is 5.69 Å². The molecule has 1 aromatic carbocycles. The lowest BCUT2D eigenvalue weighted by Gasteiger charge is -2.34. The Bertz CT molecular complexity index is 551. The highest BCUT2D eigenvalue weighted by Gasteiger charge is 2.22. The van der Waals surface area contributed by atoms with Crippen molar-refractivity contribution < 1.29 is 0 Å². The number of fused-ring (bicyclic) bond motifs is 1. The highest BCUT2D eigenvalue weighted by molar-refractivity contribution is 5.55. The van der Waals surface area contributed by atoms with Crippen LogP contribution in [0.2, 0.25) is 0 Å². The van der Waals surface area contributed by atoms with Crippen molar-refractivity contribution in [1.29, 1.82) is 0 Å². The van der Waals surface area contributed by atoms with Crippen LogP contribution in [0.5, 0.6) is 0 Å². The average Bonchev–Trinajstić information content (AvgIpc) is 2.78. The van der Waals surface area contributed by atoms with E-state index >= 15 is 0 Å². The Hall–Kier alpha value is -0.980. The van der Waals surface area contributed by atoms with Crippen molar-refractivity contribution in [3.8, 4) is 0 Å². The minimum atomic E-state index is 0.848. The van der Waals surface area contributed by atoms with Gasteiger partial charge in [-0.05, 0) is 36.3 Å². The van der Waals surface area contributed by atoms with Gasteiger partial charge in [0, 0.05) is 19.3 Å². The summed E-state index contributed by atoms with van der Waals surface area (Å²) in [5.41, 5.74) is 3.03. The van der Waals surface area contributed by atoms with Crippen molar-refractivity contribution in [2.24, 2.45) is 11.8 Å². The van der Waals surface area contributed by atoms with E-state index in [1.165, 1.54) is 128 Å². The average molecular weight is 428 g/mol. The third-order valence-corrected chi connectivity index (χ3v) is 7.61. The summed E-state index contributed by atoms with van der Waals surface area (Å²) in [6.07, 6.45) is 25.9. The fraction of sp³-hybridized carbons (Fsp3) is 0.800. The summed E-state index contributed by atoms with van der Waals surface area (Å²) in [5.74, 6) is 1.82. The van der Waals surface area contributed by atoms with Gasteiger partial charge in [-0.25, -0.2) is 0 Å². The zero-order valence-corrected chi connectivity index (χ0v) is 21.3. The predicted octanol–water partition coefficient (Wildman–Crippen LogP) is 9.58. The van der Waals surface area contributed by atoms with Crippen LogP contribution in [0.15, 0.2) is 24.3 Å². The number of hydrogen-bond acceptors (Lipinski definition) is 1. The second kappa shape index (κ2) is 16.6. The molecule has 0 N–H and O–H groups in total. The van der Waals surface area contributed by atoms with Crippen molar-refractivity contribution in [2.75, 3.05) is 18.5 Å². The van der Waals surface area contributed by atoms with Crippen LogP contribution in [-0.4, -0.2) is 13.6 Å². The van der Waals surface area contributed by atoms with Crippen LogP contribution < -0.4 is 4.90 Å². The lowest BCUT2D eigenvalue weighted by molar-refractivity contribution is 0.334. The molecule has 1 heterocycles. The van der Waals surface area contributed by atoms with E-state index in [9.17, 15) is 0 Å². The van der Waals surface area contributed by atoms with E-state index in [0.717, 1.165) is 11.8 Å². The van der Waals surface area contributed by atoms with Crippen LogP contribution in [0.3, 0.4) is 0 Å². The fourth-order valence-electron chi connectivity index (χ4n) is 5.62. The number of unbranched alkanes of at least 4 members (excludes halogenated alkanes) is 11. The molecule has 2 atom stereocenters. The molecule has 2 rings (SSSR count). The van der Waals surface area contributed by atoms with E-state index in [2.05, 4.69) is 50.1 Å². The second-order valence-corrected chi connectivity index (χ2v) is 10.5. The number of rotatable bonds is 18. The van der Waals surface area contributed by atoms with Crippen molar-refractivity contribution in [2.45, 2.75) is 129 Å². The van der Waals surface area contributed by atoms with Crippen molar-refractivity contribution in [3.63, 3.8) is 0 Å². The van der Waals surface area contributed by atoms with Crippen LogP contribution in [0.25, 0.3) is 0 Å². The van der Waals surface area contributed by atoms with E-state index in [1.54, 1.807) is 5.56 Å². The Labute approximate surface area is 195 Å². The Kier molecular flexibility index (Phi) is 14.1. The molecule has 31 heavy (non-hydrogen) atoms. The molecule has 0 fully saturated rings. The summed E-state index contributed by atoms with van der Waals surface area (Å²) in [6, 6.07) is 9.06. The monoisotopic (exact) mass is 427 g/mol. The van der Waals surface area contributed by atoms with Gasteiger partial charge in [-0.15, -0.1) is 0 Å². The topological polar surface area (TPSA) is 3.24 Å². The predicted molar refractivity (Wildman–Crippen MR) is 140 cm³/mol. The zero-order valence-electron chi connectivity index (χ0n) is 21.3. The molecule has 0 saturated carbocycles. The summed E-state index contributed by atoms with van der Waals surface area (Å²) < 4.78 is 0. The molecule has 0 aliphatic carbocycles. The lowest BCUT2D eigenvalue weighted by atomic mass is 9.84. The van der Waals surface area contributed by atoms with Gasteiger partial charge in [0.1, 0.15) is 0 Å². The summed E-state index contributed by atoms with van der Waals surface area (Å²) in [4.78, 5) is 2.50. The van der Waals surface area contributed by atoms with Gasteiger partial charge >= 0.3 is 0 Å². The van der Waals surface area contributed by atoms with Crippen molar-refractivity contribution in [3.05, 3.63) is 29.8 Å². The molecular formula is C30H53N. The molecule has 1 aromatic rings. The number of para-hydroxylation sites is 1. The molecule has 0 bridgehead atoms. The van der Waals surface area contributed by atoms with Crippen LogP contribution in [0.1, 0.15) is 129 Å². The van der Waals surface area contributed by atoms with Gasteiger partial charge in [-0.3, -0.25) is 0 Å². The van der Waals surface area contributed by atoms with Crippen LogP contribution in [0.4, 0.5) is 5.69 Å². The van der Waals surface area contributed by atoms with Gasteiger partial charge in [0.2, 0.25) is 0 Å². The highest BCUT2D eigenvalue weighted by atomic mass is 15.1. The molecule has 2 unspecified atom stereocenters. The Balaban J connectivity index is 1.70.